The van der Waals surface area contributed by atoms with Gasteiger partial charge in [-0.25, -0.2) is 0 Å². The molecule has 1 N–H and O–H groups in total. The minimum absolute atomic E-state index is 0.557. The third-order valence-corrected chi connectivity index (χ3v) is 5.17. The van der Waals surface area contributed by atoms with Crippen LogP contribution in [0.15, 0.2) is 12.1 Å². The zero-order chi connectivity index (χ0) is 14.7. The molecule has 1 aliphatic carbocycles. The Morgan fingerprint density at radius 3 is 2.86 bits per heavy atom. The maximum absolute atomic E-state index is 6.30. The average molecular weight is 308 g/mol. The standard InChI is InChI=1S/C18H26ClNO/c1-2-20-17(13-6-4-3-5-7-13)12-15-11-16(19)10-14-8-9-21-18(14)15/h10-11,13,17,20H,2-9,12H2,1H3. The molecule has 1 heterocycles. The van der Waals surface area contributed by atoms with E-state index in [9.17, 15) is 0 Å². The zero-order valence-electron chi connectivity index (χ0n) is 13.0. The summed E-state index contributed by atoms with van der Waals surface area (Å²) in [7, 11) is 0. The van der Waals surface area contributed by atoms with E-state index in [-0.39, 0.29) is 0 Å². The van der Waals surface area contributed by atoms with E-state index in [0.717, 1.165) is 42.7 Å². The van der Waals surface area contributed by atoms with Gasteiger partial charge in [-0.05, 0) is 55.0 Å². The van der Waals surface area contributed by atoms with Crippen LogP contribution >= 0.6 is 11.6 Å². The van der Waals surface area contributed by atoms with Gasteiger partial charge in [0.2, 0.25) is 0 Å². The predicted molar refractivity (Wildman–Crippen MR) is 88.4 cm³/mol. The molecule has 3 rings (SSSR count). The summed E-state index contributed by atoms with van der Waals surface area (Å²) in [5.41, 5.74) is 2.59. The van der Waals surface area contributed by atoms with E-state index >= 15 is 0 Å². The van der Waals surface area contributed by atoms with Crippen LogP contribution in [0.4, 0.5) is 0 Å². The molecular formula is C18H26ClNO. The molecule has 0 aromatic heterocycles. The van der Waals surface area contributed by atoms with Crippen molar-refractivity contribution in [3.05, 3.63) is 28.3 Å². The van der Waals surface area contributed by atoms with Gasteiger partial charge in [0.05, 0.1) is 6.61 Å². The van der Waals surface area contributed by atoms with E-state index in [2.05, 4.69) is 24.4 Å². The van der Waals surface area contributed by atoms with Gasteiger partial charge < -0.3 is 10.1 Å². The number of halogens is 1. The van der Waals surface area contributed by atoms with Gasteiger partial charge in [-0.3, -0.25) is 0 Å². The Kier molecular flexibility index (Phi) is 5.07. The Bertz CT molecular complexity index is 482. The van der Waals surface area contributed by atoms with Gasteiger partial charge in [-0.2, -0.15) is 0 Å². The molecule has 1 aromatic rings. The van der Waals surface area contributed by atoms with Gasteiger partial charge in [0.25, 0.3) is 0 Å². The lowest BCUT2D eigenvalue weighted by Gasteiger charge is -2.31. The molecule has 21 heavy (non-hydrogen) atoms. The van der Waals surface area contributed by atoms with Crippen LogP contribution in [0, 0.1) is 5.92 Å². The number of ether oxygens (including phenoxy) is 1. The van der Waals surface area contributed by atoms with Crippen molar-refractivity contribution in [3.63, 3.8) is 0 Å². The molecule has 2 aliphatic rings. The highest BCUT2D eigenvalue weighted by molar-refractivity contribution is 6.30. The highest BCUT2D eigenvalue weighted by atomic mass is 35.5. The van der Waals surface area contributed by atoms with E-state index in [1.165, 1.54) is 43.2 Å². The lowest BCUT2D eigenvalue weighted by atomic mass is 9.81. The molecule has 116 valence electrons. The molecule has 0 saturated heterocycles. The summed E-state index contributed by atoms with van der Waals surface area (Å²) in [5.74, 6) is 1.91. The Balaban J connectivity index is 1.79. The Morgan fingerprint density at radius 2 is 2.10 bits per heavy atom. The normalized spacial score (nSPS) is 20.1. The van der Waals surface area contributed by atoms with Crippen LogP contribution in [0.2, 0.25) is 5.02 Å². The molecule has 1 aliphatic heterocycles. The first-order valence-electron chi connectivity index (χ1n) is 8.45. The molecule has 1 unspecified atom stereocenters. The fourth-order valence-corrected chi connectivity index (χ4v) is 4.20. The number of hydrogen-bond donors (Lipinski definition) is 1. The highest BCUT2D eigenvalue weighted by Crippen LogP contribution is 2.35. The maximum atomic E-state index is 6.30. The highest BCUT2D eigenvalue weighted by Gasteiger charge is 2.26. The molecular weight excluding hydrogens is 282 g/mol. The van der Waals surface area contributed by atoms with Gasteiger partial charge in [0, 0.05) is 17.5 Å². The quantitative estimate of drug-likeness (QED) is 0.872. The fourth-order valence-electron chi connectivity index (χ4n) is 3.94. The first-order chi connectivity index (χ1) is 10.3. The molecule has 3 heteroatoms. The van der Waals surface area contributed by atoms with E-state index < -0.39 is 0 Å². The predicted octanol–water partition coefficient (Wildman–Crippen LogP) is 4.38. The van der Waals surface area contributed by atoms with Crippen molar-refractivity contribution in [1.82, 2.24) is 5.32 Å². The summed E-state index contributed by atoms with van der Waals surface area (Å²) >= 11 is 6.30. The van der Waals surface area contributed by atoms with Crippen LogP contribution in [0.25, 0.3) is 0 Å². The summed E-state index contributed by atoms with van der Waals surface area (Å²) < 4.78 is 5.86. The fraction of sp³-hybridized carbons (Fsp3) is 0.667. The minimum Gasteiger partial charge on any atom is -0.493 e. The summed E-state index contributed by atoms with van der Waals surface area (Å²) in [6.07, 6.45) is 8.95. The van der Waals surface area contributed by atoms with Crippen molar-refractivity contribution in [2.45, 2.75) is 57.9 Å². The van der Waals surface area contributed by atoms with Gasteiger partial charge in [-0.1, -0.05) is 37.8 Å². The Morgan fingerprint density at radius 1 is 1.29 bits per heavy atom. The minimum atomic E-state index is 0.557. The molecule has 1 saturated carbocycles. The van der Waals surface area contributed by atoms with E-state index in [1.807, 2.05) is 0 Å². The summed E-state index contributed by atoms with van der Waals surface area (Å²) in [6, 6.07) is 4.73. The van der Waals surface area contributed by atoms with Gasteiger partial charge in [-0.15, -0.1) is 0 Å². The van der Waals surface area contributed by atoms with Crippen LogP contribution in [-0.4, -0.2) is 19.2 Å². The number of hydrogen-bond acceptors (Lipinski definition) is 2. The molecule has 0 radical (unpaired) electrons. The van der Waals surface area contributed by atoms with Gasteiger partial charge in [0.1, 0.15) is 5.75 Å². The second kappa shape index (κ2) is 7.02. The van der Waals surface area contributed by atoms with Crippen molar-refractivity contribution in [3.8, 4) is 5.75 Å². The van der Waals surface area contributed by atoms with Crippen LogP contribution in [0.5, 0.6) is 5.75 Å². The Hall–Kier alpha value is -0.730. The molecule has 2 nitrogen and oxygen atoms in total. The maximum Gasteiger partial charge on any atom is 0.125 e. The largest absolute Gasteiger partial charge is 0.493 e. The molecule has 0 spiro atoms. The molecule has 1 atom stereocenters. The number of nitrogens with one attached hydrogen (secondary N) is 1. The molecule has 1 aromatic carbocycles. The van der Waals surface area contributed by atoms with Crippen LogP contribution in [0.1, 0.15) is 50.2 Å². The van der Waals surface area contributed by atoms with Gasteiger partial charge in [0.15, 0.2) is 0 Å². The lowest BCUT2D eigenvalue weighted by Crippen LogP contribution is -2.39. The number of likely N-dealkylation sites (N-methyl/N-ethyl adjacent to an activating group) is 1. The number of benzene rings is 1. The number of rotatable bonds is 5. The summed E-state index contributed by atoms with van der Waals surface area (Å²) in [4.78, 5) is 0. The molecule has 0 bridgehead atoms. The first kappa shape index (κ1) is 15.2. The topological polar surface area (TPSA) is 21.3 Å². The lowest BCUT2D eigenvalue weighted by molar-refractivity contribution is 0.267. The van der Waals surface area contributed by atoms with Crippen molar-refractivity contribution < 1.29 is 4.74 Å². The van der Waals surface area contributed by atoms with Crippen molar-refractivity contribution in [1.29, 1.82) is 0 Å². The molecule has 0 amide bonds. The average Bonchev–Trinajstić information content (AvgIpc) is 2.96. The smallest absolute Gasteiger partial charge is 0.125 e. The third-order valence-electron chi connectivity index (χ3n) is 4.95. The van der Waals surface area contributed by atoms with E-state index in [4.69, 9.17) is 16.3 Å². The third kappa shape index (κ3) is 3.54. The van der Waals surface area contributed by atoms with E-state index in [1.54, 1.807) is 0 Å². The van der Waals surface area contributed by atoms with Gasteiger partial charge >= 0.3 is 0 Å². The second-order valence-corrected chi connectivity index (χ2v) is 6.85. The van der Waals surface area contributed by atoms with Crippen molar-refractivity contribution >= 4 is 11.6 Å². The Labute approximate surface area is 133 Å². The van der Waals surface area contributed by atoms with Crippen molar-refractivity contribution in [2.75, 3.05) is 13.2 Å². The summed E-state index contributed by atoms with van der Waals surface area (Å²) in [5, 5.41) is 4.57. The summed E-state index contributed by atoms with van der Waals surface area (Å²) in [6.45, 7) is 4.04. The second-order valence-electron chi connectivity index (χ2n) is 6.42. The number of fused-ring (bicyclic) bond motifs is 1. The first-order valence-corrected chi connectivity index (χ1v) is 8.83. The molecule has 1 fully saturated rings. The monoisotopic (exact) mass is 307 g/mol. The van der Waals surface area contributed by atoms with E-state index in [0.29, 0.717) is 6.04 Å². The SMILES string of the molecule is CCNC(Cc1cc(Cl)cc2c1OCC2)C1CCCCC1. The zero-order valence-corrected chi connectivity index (χ0v) is 13.7. The van der Waals surface area contributed by atoms with Crippen LogP contribution in [0.3, 0.4) is 0 Å². The van der Waals surface area contributed by atoms with Crippen molar-refractivity contribution in [2.24, 2.45) is 5.92 Å². The van der Waals surface area contributed by atoms with Crippen LogP contribution in [-0.2, 0) is 12.8 Å². The van der Waals surface area contributed by atoms with Crippen LogP contribution < -0.4 is 10.1 Å².